The molecule has 0 spiro atoms. The van der Waals surface area contributed by atoms with Gasteiger partial charge in [-0.3, -0.25) is 0 Å². The summed E-state index contributed by atoms with van der Waals surface area (Å²) >= 11 is 0. The van der Waals surface area contributed by atoms with Gasteiger partial charge in [0.2, 0.25) is 0 Å². The first-order valence-electron chi connectivity index (χ1n) is 3.71. The van der Waals surface area contributed by atoms with Crippen LogP contribution in [-0.4, -0.2) is 24.3 Å². The Hall–Kier alpha value is -0.0800. The van der Waals surface area contributed by atoms with E-state index in [1.165, 1.54) is 6.42 Å². The molecule has 0 bridgehead atoms. The Balaban J connectivity index is 2.20. The molecule has 0 amide bonds. The first kappa shape index (κ1) is 7.03. The lowest BCUT2D eigenvalue weighted by atomic mass is 10.1. The van der Waals surface area contributed by atoms with Gasteiger partial charge in [0.1, 0.15) is 0 Å². The number of aliphatic hydroxyl groups is 1. The van der Waals surface area contributed by atoms with Gasteiger partial charge in [-0.15, -0.1) is 0 Å². The second-order valence-electron chi connectivity index (χ2n) is 2.80. The fourth-order valence-corrected chi connectivity index (χ4v) is 1.35. The maximum absolute atomic E-state index is 8.74. The van der Waals surface area contributed by atoms with Gasteiger partial charge in [-0.25, -0.2) is 0 Å². The molecule has 2 nitrogen and oxygen atoms in total. The molecule has 1 fully saturated rings. The van der Waals surface area contributed by atoms with E-state index in [9.17, 15) is 0 Å². The van der Waals surface area contributed by atoms with Crippen molar-refractivity contribution in [3.05, 3.63) is 0 Å². The predicted octanol–water partition coefficient (Wildman–Crippen LogP) is 0.367. The van der Waals surface area contributed by atoms with Gasteiger partial charge in [0.15, 0.2) is 0 Å². The molecule has 0 unspecified atom stereocenters. The van der Waals surface area contributed by atoms with Crippen LogP contribution in [0, 0.1) is 5.92 Å². The third kappa shape index (κ3) is 1.66. The van der Waals surface area contributed by atoms with Crippen LogP contribution in [0.3, 0.4) is 0 Å². The van der Waals surface area contributed by atoms with Gasteiger partial charge >= 0.3 is 0 Å². The van der Waals surface area contributed by atoms with E-state index in [1.807, 2.05) is 0 Å². The van der Waals surface area contributed by atoms with Crippen LogP contribution in [-0.2, 0) is 0 Å². The second kappa shape index (κ2) is 3.18. The Bertz CT molecular complexity index is 75.0. The van der Waals surface area contributed by atoms with Crippen molar-refractivity contribution in [1.29, 1.82) is 0 Å². The van der Waals surface area contributed by atoms with Crippen LogP contribution in [0.4, 0.5) is 0 Å². The topological polar surface area (TPSA) is 32.3 Å². The van der Waals surface area contributed by atoms with Crippen LogP contribution in [0.25, 0.3) is 0 Å². The first-order valence-corrected chi connectivity index (χ1v) is 3.71. The van der Waals surface area contributed by atoms with E-state index in [0.717, 1.165) is 13.0 Å². The molecule has 0 aliphatic carbocycles. The zero-order chi connectivity index (χ0) is 6.69. The number of rotatable bonds is 2. The molecule has 9 heavy (non-hydrogen) atoms. The van der Waals surface area contributed by atoms with Gasteiger partial charge < -0.3 is 10.4 Å². The normalized spacial score (nSPS) is 35.3. The SMILES string of the molecule is CC[C@@H]1C[C@H](CO)CN1. The van der Waals surface area contributed by atoms with Crippen molar-refractivity contribution in [3.63, 3.8) is 0 Å². The minimum Gasteiger partial charge on any atom is -0.396 e. The van der Waals surface area contributed by atoms with Crippen LogP contribution < -0.4 is 5.32 Å². The monoisotopic (exact) mass is 129 g/mol. The fraction of sp³-hybridized carbons (Fsp3) is 1.00. The minimum atomic E-state index is 0.351. The highest BCUT2D eigenvalue weighted by atomic mass is 16.3. The second-order valence-corrected chi connectivity index (χ2v) is 2.80. The summed E-state index contributed by atoms with van der Waals surface area (Å²) in [6.45, 7) is 3.54. The average Bonchev–Trinajstić information content (AvgIpc) is 2.34. The summed E-state index contributed by atoms with van der Waals surface area (Å²) in [6, 6.07) is 0.669. The van der Waals surface area contributed by atoms with Crippen LogP contribution in [0.15, 0.2) is 0 Å². The Morgan fingerprint density at radius 3 is 2.78 bits per heavy atom. The summed E-state index contributed by atoms with van der Waals surface area (Å²) in [4.78, 5) is 0. The number of aliphatic hydroxyl groups excluding tert-OH is 1. The Morgan fingerprint density at radius 1 is 1.67 bits per heavy atom. The maximum Gasteiger partial charge on any atom is 0.0471 e. The van der Waals surface area contributed by atoms with Crippen LogP contribution in [0.1, 0.15) is 19.8 Å². The Morgan fingerprint density at radius 2 is 2.44 bits per heavy atom. The lowest BCUT2D eigenvalue weighted by Gasteiger charge is -2.03. The molecule has 2 atom stereocenters. The maximum atomic E-state index is 8.74. The molecule has 1 saturated heterocycles. The molecule has 1 aliphatic rings. The molecule has 0 radical (unpaired) electrons. The highest BCUT2D eigenvalue weighted by molar-refractivity contribution is 4.79. The number of hydrogen-bond acceptors (Lipinski definition) is 2. The highest BCUT2D eigenvalue weighted by Crippen LogP contribution is 2.14. The standard InChI is InChI=1S/C7H15NO/c1-2-7-3-6(5-9)4-8-7/h6-9H,2-5H2,1H3/t6-,7+/m0/s1. The van der Waals surface area contributed by atoms with Crippen LogP contribution in [0.5, 0.6) is 0 Å². The summed E-state index contributed by atoms with van der Waals surface area (Å²) in [6.07, 6.45) is 2.35. The Kier molecular flexibility index (Phi) is 2.49. The molecule has 0 aromatic carbocycles. The van der Waals surface area contributed by atoms with Crippen molar-refractivity contribution < 1.29 is 5.11 Å². The van der Waals surface area contributed by atoms with Gasteiger partial charge in [-0.05, 0) is 18.8 Å². The summed E-state index contributed by atoms with van der Waals surface area (Å²) in [5, 5.41) is 12.1. The molecule has 1 rings (SSSR count). The molecule has 0 saturated carbocycles. The zero-order valence-electron chi connectivity index (χ0n) is 5.93. The van der Waals surface area contributed by atoms with Crippen molar-refractivity contribution in [1.82, 2.24) is 5.32 Å². The average molecular weight is 129 g/mol. The van der Waals surface area contributed by atoms with E-state index in [0.29, 0.717) is 18.6 Å². The smallest absolute Gasteiger partial charge is 0.0471 e. The van der Waals surface area contributed by atoms with Crippen molar-refractivity contribution in [2.24, 2.45) is 5.92 Å². The van der Waals surface area contributed by atoms with E-state index in [4.69, 9.17) is 5.11 Å². The summed E-state index contributed by atoms with van der Waals surface area (Å²) in [5.74, 6) is 0.523. The number of hydrogen-bond donors (Lipinski definition) is 2. The molecule has 0 aromatic rings. The van der Waals surface area contributed by atoms with Crippen molar-refractivity contribution in [3.8, 4) is 0 Å². The van der Waals surface area contributed by atoms with Crippen molar-refractivity contribution in [2.75, 3.05) is 13.2 Å². The third-order valence-electron chi connectivity index (χ3n) is 2.06. The quantitative estimate of drug-likeness (QED) is 0.564. The van der Waals surface area contributed by atoms with E-state index in [1.54, 1.807) is 0 Å². The summed E-state index contributed by atoms with van der Waals surface area (Å²) < 4.78 is 0. The predicted molar refractivity (Wildman–Crippen MR) is 37.3 cm³/mol. The van der Waals surface area contributed by atoms with E-state index in [2.05, 4.69) is 12.2 Å². The number of nitrogens with one attached hydrogen (secondary N) is 1. The van der Waals surface area contributed by atoms with Gasteiger partial charge in [-0.1, -0.05) is 6.92 Å². The molecular weight excluding hydrogens is 114 g/mol. The Labute approximate surface area is 56.3 Å². The van der Waals surface area contributed by atoms with E-state index in [-0.39, 0.29) is 0 Å². The van der Waals surface area contributed by atoms with E-state index < -0.39 is 0 Å². The van der Waals surface area contributed by atoms with Crippen LogP contribution >= 0.6 is 0 Å². The van der Waals surface area contributed by atoms with Gasteiger partial charge in [0.25, 0.3) is 0 Å². The minimum absolute atomic E-state index is 0.351. The van der Waals surface area contributed by atoms with E-state index >= 15 is 0 Å². The van der Waals surface area contributed by atoms with Crippen LogP contribution in [0.2, 0.25) is 0 Å². The molecular formula is C7H15NO. The third-order valence-corrected chi connectivity index (χ3v) is 2.06. The molecule has 2 heteroatoms. The van der Waals surface area contributed by atoms with Gasteiger partial charge in [0.05, 0.1) is 0 Å². The molecule has 54 valence electrons. The molecule has 2 N–H and O–H groups in total. The zero-order valence-corrected chi connectivity index (χ0v) is 5.93. The first-order chi connectivity index (χ1) is 4.36. The highest BCUT2D eigenvalue weighted by Gasteiger charge is 2.20. The fourth-order valence-electron chi connectivity index (χ4n) is 1.35. The summed E-state index contributed by atoms with van der Waals surface area (Å²) in [7, 11) is 0. The molecule has 1 aliphatic heterocycles. The van der Waals surface area contributed by atoms with Crippen molar-refractivity contribution >= 4 is 0 Å². The van der Waals surface area contributed by atoms with Gasteiger partial charge in [0, 0.05) is 19.2 Å². The molecule has 1 heterocycles. The molecule has 0 aromatic heterocycles. The lowest BCUT2D eigenvalue weighted by Crippen LogP contribution is -2.19. The van der Waals surface area contributed by atoms with Gasteiger partial charge in [-0.2, -0.15) is 0 Å². The largest absolute Gasteiger partial charge is 0.396 e. The summed E-state index contributed by atoms with van der Waals surface area (Å²) in [5.41, 5.74) is 0. The lowest BCUT2D eigenvalue weighted by molar-refractivity contribution is 0.235. The van der Waals surface area contributed by atoms with Crippen molar-refractivity contribution in [2.45, 2.75) is 25.8 Å².